The molecule has 1 aliphatic rings. The van der Waals surface area contributed by atoms with Gasteiger partial charge in [-0.3, -0.25) is 4.79 Å². The fourth-order valence-electron chi connectivity index (χ4n) is 3.06. The summed E-state index contributed by atoms with van der Waals surface area (Å²) in [5.41, 5.74) is 0.578. The Labute approximate surface area is 151 Å². The summed E-state index contributed by atoms with van der Waals surface area (Å²) < 4.78 is 5.82. The Bertz CT molecular complexity index is 850. The van der Waals surface area contributed by atoms with E-state index in [4.69, 9.17) is 4.74 Å². The molecule has 0 unspecified atom stereocenters. The summed E-state index contributed by atoms with van der Waals surface area (Å²) in [7, 11) is 0. The van der Waals surface area contributed by atoms with Crippen LogP contribution in [0, 0.1) is 0 Å². The number of rotatable bonds is 4. The molecule has 0 saturated carbocycles. The molecule has 0 fully saturated rings. The maximum Gasteiger partial charge on any atom is 0.174 e. The van der Waals surface area contributed by atoms with Crippen LogP contribution in [0.25, 0.3) is 0 Å². The molecule has 26 heavy (non-hydrogen) atoms. The molecule has 2 aromatic carbocycles. The second-order valence-corrected chi connectivity index (χ2v) is 7.27. The van der Waals surface area contributed by atoms with Gasteiger partial charge in [-0.05, 0) is 49.9 Å². The molecular weight excluding hydrogens is 336 g/mol. The normalized spacial score (nSPS) is 16.9. The van der Waals surface area contributed by atoms with Crippen LogP contribution < -0.4 is 4.74 Å². The van der Waals surface area contributed by atoms with E-state index in [1.54, 1.807) is 32.0 Å². The first-order valence-corrected chi connectivity index (χ1v) is 8.44. The van der Waals surface area contributed by atoms with Crippen molar-refractivity contribution in [3.8, 4) is 23.0 Å². The number of aliphatic hydroxyl groups is 1. The van der Waals surface area contributed by atoms with E-state index < -0.39 is 11.7 Å². The van der Waals surface area contributed by atoms with Crippen molar-refractivity contribution in [2.45, 2.75) is 44.8 Å². The number of aryl methyl sites for hydroxylation is 1. The van der Waals surface area contributed by atoms with E-state index in [0.717, 1.165) is 6.07 Å². The molecule has 138 valence electrons. The molecule has 3 rings (SSSR count). The van der Waals surface area contributed by atoms with Crippen molar-refractivity contribution in [1.29, 1.82) is 0 Å². The summed E-state index contributed by atoms with van der Waals surface area (Å²) >= 11 is 0. The summed E-state index contributed by atoms with van der Waals surface area (Å²) in [4.78, 5) is 12.4. The lowest BCUT2D eigenvalue weighted by Gasteiger charge is -2.26. The van der Waals surface area contributed by atoms with Gasteiger partial charge in [-0.2, -0.15) is 0 Å². The van der Waals surface area contributed by atoms with Crippen LogP contribution in [0.1, 0.15) is 54.3 Å². The van der Waals surface area contributed by atoms with Crippen LogP contribution in [0.15, 0.2) is 30.3 Å². The molecule has 0 radical (unpaired) electrons. The van der Waals surface area contributed by atoms with E-state index >= 15 is 0 Å². The van der Waals surface area contributed by atoms with Gasteiger partial charge < -0.3 is 25.2 Å². The Morgan fingerprint density at radius 1 is 1.12 bits per heavy atom. The number of carbonyl (C=O) groups is 1. The second-order valence-electron chi connectivity index (χ2n) is 7.27. The van der Waals surface area contributed by atoms with E-state index in [2.05, 4.69) is 0 Å². The van der Waals surface area contributed by atoms with E-state index in [9.17, 15) is 25.2 Å². The lowest BCUT2D eigenvalue weighted by molar-refractivity contribution is 0.0712. The van der Waals surface area contributed by atoms with Crippen molar-refractivity contribution >= 4 is 5.78 Å². The van der Waals surface area contributed by atoms with Gasteiger partial charge in [0, 0.05) is 12.1 Å². The van der Waals surface area contributed by atoms with Gasteiger partial charge in [-0.1, -0.05) is 6.07 Å². The Hall–Kier alpha value is -2.73. The minimum atomic E-state index is -0.853. The number of hydrogen-bond acceptors (Lipinski definition) is 6. The summed E-state index contributed by atoms with van der Waals surface area (Å²) in [6, 6.07) is 7.38. The number of benzene rings is 2. The van der Waals surface area contributed by atoms with Crippen molar-refractivity contribution in [2.24, 2.45) is 0 Å². The third-order valence-electron chi connectivity index (χ3n) is 4.47. The zero-order valence-corrected chi connectivity index (χ0v) is 14.7. The number of ether oxygens (including phenoxy) is 1. The number of aromatic hydroxyl groups is 3. The van der Waals surface area contributed by atoms with Crippen molar-refractivity contribution < 1.29 is 30.0 Å². The van der Waals surface area contributed by atoms with E-state index in [0.29, 0.717) is 24.0 Å². The SMILES string of the molecule is CC(C)(O)CCc1cc([C@@H]2CC(=O)c3c(O)cc(O)cc3O2)ccc1O. The van der Waals surface area contributed by atoms with Gasteiger partial charge in [0.1, 0.15) is 34.7 Å². The van der Waals surface area contributed by atoms with Crippen LogP contribution in [0.4, 0.5) is 0 Å². The predicted molar refractivity (Wildman–Crippen MR) is 94.8 cm³/mol. The number of ketones is 1. The number of phenols is 3. The van der Waals surface area contributed by atoms with Gasteiger partial charge in [0.25, 0.3) is 0 Å². The van der Waals surface area contributed by atoms with Crippen LogP contribution in [0.2, 0.25) is 0 Å². The summed E-state index contributed by atoms with van der Waals surface area (Å²) in [5.74, 6) is -0.517. The molecule has 1 atom stereocenters. The number of phenolic OH excluding ortho intramolecular Hbond substituents is 3. The zero-order chi connectivity index (χ0) is 19.1. The van der Waals surface area contributed by atoms with E-state index in [-0.39, 0.29) is 40.8 Å². The highest BCUT2D eigenvalue weighted by Gasteiger charge is 2.31. The van der Waals surface area contributed by atoms with Crippen LogP contribution >= 0.6 is 0 Å². The Balaban J connectivity index is 1.89. The van der Waals surface area contributed by atoms with Gasteiger partial charge in [0.15, 0.2) is 5.78 Å². The topological polar surface area (TPSA) is 107 Å². The number of hydrogen-bond donors (Lipinski definition) is 4. The third kappa shape index (κ3) is 3.75. The number of Topliss-reactive ketones (excluding diaryl/α,β-unsaturated/α-hetero) is 1. The first kappa shape index (κ1) is 18.1. The molecule has 0 bridgehead atoms. The number of fused-ring (bicyclic) bond motifs is 1. The van der Waals surface area contributed by atoms with Gasteiger partial charge in [-0.15, -0.1) is 0 Å². The third-order valence-corrected chi connectivity index (χ3v) is 4.47. The monoisotopic (exact) mass is 358 g/mol. The fourth-order valence-corrected chi connectivity index (χ4v) is 3.06. The van der Waals surface area contributed by atoms with Crippen molar-refractivity contribution in [2.75, 3.05) is 0 Å². The smallest absolute Gasteiger partial charge is 0.174 e. The molecule has 1 aliphatic heterocycles. The first-order valence-electron chi connectivity index (χ1n) is 8.44. The maximum absolute atomic E-state index is 12.4. The summed E-state index contributed by atoms with van der Waals surface area (Å²) in [6.07, 6.45) is 0.403. The van der Waals surface area contributed by atoms with Gasteiger partial charge in [0.05, 0.1) is 12.0 Å². The average molecular weight is 358 g/mol. The molecule has 0 amide bonds. The predicted octanol–water partition coefficient (Wildman–Crippen LogP) is 3.21. The molecule has 0 aromatic heterocycles. The highest BCUT2D eigenvalue weighted by Crippen LogP contribution is 2.42. The Morgan fingerprint density at radius 3 is 2.54 bits per heavy atom. The first-order chi connectivity index (χ1) is 12.1. The Morgan fingerprint density at radius 2 is 1.85 bits per heavy atom. The highest BCUT2D eigenvalue weighted by molar-refractivity contribution is 6.02. The molecule has 6 heteroatoms. The Kier molecular flexibility index (Phi) is 4.54. The number of carbonyl (C=O) groups excluding carboxylic acids is 1. The van der Waals surface area contributed by atoms with E-state index in [1.807, 2.05) is 0 Å². The zero-order valence-electron chi connectivity index (χ0n) is 14.7. The summed E-state index contributed by atoms with van der Waals surface area (Å²) in [6.45, 7) is 3.40. The fraction of sp³-hybridized carbons (Fsp3) is 0.350. The van der Waals surface area contributed by atoms with Crippen molar-refractivity contribution in [3.63, 3.8) is 0 Å². The van der Waals surface area contributed by atoms with Crippen molar-refractivity contribution in [3.05, 3.63) is 47.0 Å². The standard InChI is InChI=1S/C20H22O6/c1-20(2,25)6-5-11-7-12(3-4-14(11)22)17-10-16(24)19-15(23)8-13(21)9-18(19)26-17/h3-4,7-9,17,21-23,25H,5-6,10H2,1-2H3/t17-/m0/s1. The molecular formula is C20H22O6. The molecule has 0 aliphatic carbocycles. The van der Waals surface area contributed by atoms with Gasteiger partial charge in [-0.25, -0.2) is 0 Å². The van der Waals surface area contributed by atoms with Crippen molar-refractivity contribution in [1.82, 2.24) is 0 Å². The minimum absolute atomic E-state index is 0.0427. The van der Waals surface area contributed by atoms with E-state index in [1.165, 1.54) is 6.07 Å². The quantitative estimate of drug-likeness (QED) is 0.668. The minimum Gasteiger partial charge on any atom is -0.508 e. The van der Waals surface area contributed by atoms with Crippen LogP contribution in [0.3, 0.4) is 0 Å². The lowest BCUT2D eigenvalue weighted by atomic mass is 9.92. The molecule has 4 N–H and O–H groups in total. The second kappa shape index (κ2) is 6.53. The molecule has 0 spiro atoms. The largest absolute Gasteiger partial charge is 0.508 e. The highest BCUT2D eigenvalue weighted by atomic mass is 16.5. The summed E-state index contributed by atoms with van der Waals surface area (Å²) in [5, 5.41) is 39.4. The molecule has 1 heterocycles. The lowest BCUT2D eigenvalue weighted by Crippen LogP contribution is -2.21. The average Bonchev–Trinajstić information content (AvgIpc) is 2.52. The van der Waals surface area contributed by atoms with Crippen LogP contribution in [-0.2, 0) is 6.42 Å². The van der Waals surface area contributed by atoms with Gasteiger partial charge >= 0.3 is 0 Å². The van der Waals surface area contributed by atoms with Gasteiger partial charge in [0.2, 0.25) is 0 Å². The van der Waals surface area contributed by atoms with Crippen LogP contribution in [-0.4, -0.2) is 31.8 Å². The molecule has 6 nitrogen and oxygen atoms in total. The molecule has 0 saturated heterocycles. The maximum atomic E-state index is 12.4. The van der Waals surface area contributed by atoms with Crippen LogP contribution in [0.5, 0.6) is 23.0 Å². The molecule has 2 aromatic rings.